The fraction of sp³-hybridized carbons (Fsp3) is 0.867. The van der Waals surface area contributed by atoms with Crippen molar-refractivity contribution in [2.24, 2.45) is 11.8 Å². The second kappa shape index (κ2) is 7.50. The molecule has 0 radical (unpaired) electrons. The van der Waals surface area contributed by atoms with Gasteiger partial charge in [0.15, 0.2) is 0 Å². The Morgan fingerprint density at radius 3 is 2.45 bits per heavy atom. The van der Waals surface area contributed by atoms with Gasteiger partial charge in [-0.05, 0) is 24.7 Å². The zero-order valence-electron chi connectivity index (χ0n) is 12.9. The minimum Gasteiger partial charge on any atom is -0.479 e. The molecule has 5 nitrogen and oxygen atoms in total. The summed E-state index contributed by atoms with van der Waals surface area (Å²) in [5, 5.41) is 15.1. The van der Waals surface area contributed by atoms with E-state index in [4.69, 9.17) is 0 Å². The second-order valence-corrected chi connectivity index (χ2v) is 5.94. The van der Waals surface area contributed by atoms with E-state index in [0.717, 1.165) is 32.1 Å². The van der Waals surface area contributed by atoms with Gasteiger partial charge in [-0.1, -0.05) is 46.5 Å². The van der Waals surface area contributed by atoms with Gasteiger partial charge in [-0.2, -0.15) is 0 Å². The molecule has 2 unspecified atom stereocenters. The summed E-state index contributed by atoms with van der Waals surface area (Å²) in [5.41, 5.74) is -1.10. The van der Waals surface area contributed by atoms with Crippen molar-refractivity contribution in [3.8, 4) is 0 Å². The summed E-state index contributed by atoms with van der Waals surface area (Å²) in [7, 11) is 0. The Hall–Kier alpha value is -1.26. The van der Waals surface area contributed by atoms with Gasteiger partial charge in [0.2, 0.25) is 0 Å². The molecule has 0 aromatic heterocycles. The molecule has 1 rings (SSSR count). The molecule has 0 heterocycles. The summed E-state index contributed by atoms with van der Waals surface area (Å²) < 4.78 is 0. The van der Waals surface area contributed by atoms with Gasteiger partial charge in [-0.25, -0.2) is 9.59 Å². The van der Waals surface area contributed by atoms with E-state index >= 15 is 0 Å². The number of rotatable bonds is 6. The predicted octanol–water partition coefficient (Wildman–Crippen LogP) is 2.76. The topological polar surface area (TPSA) is 78.4 Å². The zero-order chi connectivity index (χ0) is 15.2. The Kier molecular flexibility index (Phi) is 6.30. The zero-order valence-corrected chi connectivity index (χ0v) is 12.9. The lowest BCUT2D eigenvalue weighted by Gasteiger charge is -2.39. The molecule has 0 aromatic rings. The van der Waals surface area contributed by atoms with Crippen LogP contribution in [0.2, 0.25) is 0 Å². The van der Waals surface area contributed by atoms with Crippen molar-refractivity contribution in [1.29, 1.82) is 0 Å². The average molecular weight is 284 g/mol. The molecular weight excluding hydrogens is 256 g/mol. The molecule has 0 spiro atoms. The lowest BCUT2D eigenvalue weighted by molar-refractivity contribution is -0.148. The average Bonchev–Trinajstić information content (AvgIpc) is 2.42. The first kappa shape index (κ1) is 16.8. The molecule has 1 saturated carbocycles. The van der Waals surface area contributed by atoms with E-state index in [0.29, 0.717) is 18.9 Å². The van der Waals surface area contributed by atoms with Crippen LogP contribution < -0.4 is 10.6 Å². The molecule has 1 aliphatic carbocycles. The summed E-state index contributed by atoms with van der Waals surface area (Å²) >= 11 is 0. The molecule has 20 heavy (non-hydrogen) atoms. The van der Waals surface area contributed by atoms with E-state index in [-0.39, 0.29) is 11.9 Å². The molecule has 116 valence electrons. The van der Waals surface area contributed by atoms with Crippen molar-refractivity contribution in [1.82, 2.24) is 10.6 Å². The van der Waals surface area contributed by atoms with Crippen LogP contribution in [-0.2, 0) is 4.79 Å². The highest BCUT2D eigenvalue weighted by molar-refractivity contribution is 5.86. The number of carboxylic acids is 1. The number of urea groups is 1. The Balaban J connectivity index is 2.62. The minimum atomic E-state index is -1.10. The summed E-state index contributed by atoms with van der Waals surface area (Å²) in [5.74, 6) is -0.500. The van der Waals surface area contributed by atoms with Crippen molar-refractivity contribution >= 4 is 12.0 Å². The van der Waals surface area contributed by atoms with E-state index in [1.54, 1.807) is 0 Å². The number of hydrogen-bond acceptors (Lipinski definition) is 2. The molecule has 2 atom stereocenters. The molecule has 5 heteroatoms. The first-order valence-corrected chi connectivity index (χ1v) is 7.75. The van der Waals surface area contributed by atoms with Crippen molar-refractivity contribution in [2.75, 3.05) is 6.54 Å². The quantitative estimate of drug-likeness (QED) is 0.701. The van der Waals surface area contributed by atoms with Gasteiger partial charge in [0.25, 0.3) is 0 Å². The van der Waals surface area contributed by atoms with Crippen molar-refractivity contribution < 1.29 is 14.7 Å². The maximum atomic E-state index is 12.0. The number of nitrogens with one attached hydrogen (secondary N) is 2. The molecule has 1 fully saturated rings. The number of aliphatic carboxylic acids is 1. The highest BCUT2D eigenvalue weighted by Crippen LogP contribution is 2.33. The van der Waals surface area contributed by atoms with Crippen molar-refractivity contribution in [3.63, 3.8) is 0 Å². The van der Waals surface area contributed by atoms with Gasteiger partial charge in [-0.3, -0.25) is 0 Å². The SMILES string of the molecule is CCC(CC)CNC(=O)NC1(C(=O)O)CCCCC1C. The maximum Gasteiger partial charge on any atom is 0.329 e. The number of amides is 2. The van der Waals surface area contributed by atoms with E-state index in [2.05, 4.69) is 24.5 Å². The van der Waals surface area contributed by atoms with Crippen LogP contribution in [0.25, 0.3) is 0 Å². The largest absolute Gasteiger partial charge is 0.479 e. The Morgan fingerprint density at radius 2 is 1.95 bits per heavy atom. The van der Waals surface area contributed by atoms with Crippen LogP contribution in [0, 0.1) is 11.8 Å². The monoisotopic (exact) mass is 284 g/mol. The van der Waals surface area contributed by atoms with Crippen molar-refractivity contribution in [2.45, 2.75) is 64.8 Å². The van der Waals surface area contributed by atoms with Gasteiger partial charge in [0.1, 0.15) is 5.54 Å². The van der Waals surface area contributed by atoms with Crippen LogP contribution in [0.1, 0.15) is 59.3 Å². The van der Waals surface area contributed by atoms with E-state index in [1.165, 1.54) is 0 Å². The van der Waals surface area contributed by atoms with Crippen LogP contribution in [0.4, 0.5) is 4.79 Å². The smallest absolute Gasteiger partial charge is 0.329 e. The molecule has 3 N–H and O–H groups in total. The summed E-state index contributed by atoms with van der Waals surface area (Å²) in [4.78, 5) is 23.6. The maximum absolute atomic E-state index is 12.0. The number of hydrogen-bond donors (Lipinski definition) is 3. The van der Waals surface area contributed by atoms with Gasteiger partial charge < -0.3 is 15.7 Å². The molecular formula is C15H28N2O3. The predicted molar refractivity (Wildman–Crippen MR) is 78.6 cm³/mol. The first-order chi connectivity index (χ1) is 9.46. The molecule has 0 aliphatic heterocycles. The highest BCUT2D eigenvalue weighted by Gasteiger charge is 2.46. The second-order valence-electron chi connectivity index (χ2n) is 5.94. The molecule has 2 amide bonds. The fourth-order valence-corrected chi connectivity index (χ4v) is 2.97. The first-order valence-electron chi connectivity index (χ1n) is 7.75. The van der Waals surface area contributed by atoms with Gasteiger partial charge in [-0.15, -0.1) is 0 Å². The standard InChI is InChI=1S/C15H28N2O3/c1-4-12(5-2)10-16-14(20)17-15(13(18)19)9-7-6-8-11(15)3/h11-12H,4-10H2,1-3H3,(H,18,19)(H2,16,17,20). The fourth-order valence-electron chi connectivity index (χ4n) is 2.97. The Morgan fingerprint density at radius 1 is 1.30 bits per heavy atom. The third kappa shape index (κ3) is 3.87. The molecule has 1 aliphatic rings. The van der Waals surface area contributed by atoms with E-state index in [9.17, 15) is 14.7 Å². The van der Waals surface area contributed by atoms with Crippen LogP contribution in [0.5, 0.6) is 0 Å². The number of carbonyl (C=O) groups is 2. The van der Waals surface area contributed by atoms with E-state index < -0.39 is 11.5 Å². The Bertz CT molecular complexity index is 342. The normalized spacial score (nSPS) is 26.3. The van der Waals surface area contributed by atoms with E-state index in [1.807, 2.05) is 6.92 Å². The summed E-state index contributed by atoms with van der Waals surface area (Å²) in [6.45, 7) is 6.70. The van der Waals surface area contributed by atoms with Crippen LogP contribution in [-0.4, -0.2) is 29.2 Å². The molecule has 0 bridgehead atoms. The number of carboxylic acid groups (broad SMARTS) is 1. The third-order valence-electron chi connectivity index (χ3n) is 4.72. The third-order valence-corrected chi connectivity index (χ3v) is 4.72. The van der Waals surface area contributed by atoms with Gasteiger partial charge in [0.05, 0.1) is 0 Å². The highest BCUT2D eigenvalue weighted by atomic mass is 16.4. The Labute approximate surface area is 121 Å². The minimum absolute atomic E-state index is 0.0346. The van der Waals surface area contributed by atoms with Crippen LogP contribution >= 0.6 is 0 Å². The van der Waals surface area contributed by atoms with Crippen molar-refractivity contribution in [3.05, 3.63) is 0 Å². The van der Waals surface area contributed by atoms with Crippen LogP contribution in [0.15, 0.2) is 0 Å². The summed E-state index contributed by atoms with van der Waals surface area (Å²) in [6, 6.07) is -0.354. The lowest BCUT2D eigenvalue weighted by atomic mass is 9.73. The van der Waals surface area contributed by atoms with Gasteiger partial charge in [0, 0.05) is 6.54 Å². The summed E-state index contributed by atoms with van der Waals surface area (Å²) in [6.07, 6.45) is 5.27. The van der Waals surface area contributed by atoms with Crippen LogP contribution in [0.3, 0.4) is 0 Å². The lowest BCUT2D eigenvalue weighted by Crippen LogP contribution is -2.62. The molecule has 0 aromatic carbocycles. The van der Waals surface area contributed by atoms with Gasteiger partial charge >= 0.3 is 12.0 Å². The number of carbonyl (C=O) groups excluding carboxylic acids is 1. The molecule has 0 saturated heterocycles.